The van der Waals surface area contributed by atoms with E-state index in [0.29, 0.717) is 22.4 Å². The summed E-state index contributed by atoms with van der Waals surface area (Å²) in [5.41, 5.74) is 2.34. The lowest BCUT2D eigenvalue weighted by Gasteiger charge is -2.09. The number of hydrogen-bond acceptors (Lipinski definition) is 3. The molecule has 106 valence electrons. The first-order valence-corrected chi connectivity index (χ1v) is 5.82. The molecule has 2 aromatic rings. The number of pyridine rings is 1. The summed E-state index contributed by atoms with van der Waals surface area (Å²) in [6.07, 6.45) is 1.52. The van der Waals surface area contributed by atoms with E-state index >= 15 is 0 Å². The van der Waals surface area contributed by atoms with Crippen LogP contribution in [0.15, 0.2) is 30.5 Å². The first kappa shape index (κ1) is 14.3. The highest BCUT2D eigenvalue weighted by molar-refractivity contribution is 5.65. The smallest absolute Gasteiger partial charge is 0.387 e. The fraction of sp³-hybridized carbons (Fsp3) is 0.214. The Balaban J connectivity index is 2.42. The van der Waals surface area contributed by atoms with Crippen molar-refractivity contribution >= 4 is 0 Å². The third kappa shape index (κ3) is 3.08. The molecule has 0 fully saturated rings. The van der Waals surface area contributed by atoms with Gasteiger partial charge >= 0.3 is 6.61 Å². The van der Waals surface area contributed by atoms with Gasteiger partial charge in [0.05, 0.1) is 6.61 Å². The molecule has 0 saturated carbocycles. The number of aromatic nitrogens is 1. The van der Waals surface area contributed by atoms with E-state index in [9.17, 15) is 18.3 Å². The molecule has 0 aliphatic heterocycles. The molecule has 6 heteroatoms. The normalized spacial score (nSPS) is 10.9. The predicted octanol–water partition coefficient (Wildman–Crippen LogP) is 3.29. The minimum atomic E-state index is -3.09. The van der Waals surface area contributed by atoms with Crippen LogP contribution in [0, 0.1) is 12.7 Å². The third-order valence-electron chi connectivity index (χ3n) is 2.84. The molecule has 0 aliphatic carbocycles. The average Bonchev–Trinajstić information content (AvgIpc) is 2.41. The lowest BCUT2D eigenvalue weighted by molar-refractivity contribution is -0.0521. The highest BCUT2D eigenvalue weighted by Crippen LogP contribution is 2.28. The van der Waals surface area contributed by atoms with Crippen LogP contribution in [0.25, 0.3) is 11.1 Å². The molecule has 0 aliphatic rings. The largest absolute Gasteiger partial charge is 0.432 e. The second-order valence-electron chi connectivity index (χ2n) is 4.15. The second-order valence-corrected chi connectivity index (χ2v) is 4.15. The number of hydrogen-bond donors (Lipinski definition) is 1. The van der Waals surface area contributed by atoms with Gasteiger partial charge in [-0.3, -0.25) is 4.98 Å². The Morgan fingerprint density at radius 3 is 2.65 bits per heavy atom. The quantitative estimate of drug-likeness (QED) is 0.936. The maximum atomic E-state index is 13.3. The van der Waals surface area contributed by atoms with Crippen molar-refractivity contribution in [2.24, 2.45) is 0 Å². The Bertz CT molecular complexity index is 617. The van der Waals surface area contributed by atoms with Gasteiger partial charge < -0.3 is 9.84 Å². The molecule has 1 aromatic heterocycles. The van der Waals surface area contributed by atoms with E-state index in [1.165, 1.54) is 18.3 Å². The molecule has 1 aromatic carbocycles. The number of aliphatic hydroxyl groups is 1. The molecule has 0 amide bonds. The Morgan fingerprint density at radius 1 is 1.25 bits per heavy atom. The molecule has 0 radical (unpaired) electrons. The summed E-state index contributed by atoms with van der Waals surface area (Å²) in [5, 5.41) is 9.18. The van der Waals surface area contributed by atoms with Gasteiger partial charge in [-0.25, -0.2) is 4.39 Å². The Morgan fingerprint density at radius 2 is 2.00 bits per heavy atom. The van der Waals surface area contributed by atoms with Crippen LogP contribution in [0.1, 0.15) is 11.3 Å². The molecule has 0 saturated heterocycles. The van der Waals surface area contributed by atoms with Crippen molar-refractivity contribution in [1.82, 2.24) is 4.98 Å². The van der Waals surface area contributed by atoms with E-state index in [0.717, 1.165) is 6.07 Å². The van der Waals surface area contributed by atoms with Gasteiger partial charge in [0.1, 0.15) is 0 Å². The van der Waals surface area contributed by atoms with Crippen LogP contribution in [-0.2, 0) is 6.61 Å². The second kappa shape index (κ2) is 5.92. The van der Waals surface area contributed by atoms with Gasteiger partial charge in [-0.15, -0.1) is 0 Å². The number of aryl methyl sites for hydroxylation is 1. The summed E-state index contributed by atoms with van der Waals surface area (Å²) in [6.45, 7) is -1.54. The van der Waals surface area contributed by atoms with Crippen molar-refractivity contribution in [2.75, 3.05) is 0 Å². The Labute approximate surface area is 113 Å². The zero-order valence-corrected chi connectivity index (χ0v) is 10.6. The predicted molar refractivity (Wildman–Crippen MR) is 66.9 cm³/mol. The Kier molecular flexibility index (Phi) is 4.24. The van der Waals surface area contributed by atoms with Crippen LogP contribution in [-0.4, -0.2) is 16.7 Å². The first-order chi connectivity index (χ1) is 9.51. The number of benzene rings is 1. The monoisotopic (exact) mass is 283 g/mol. The van der Waals surface area contributed by atoms with Crippen molar-refractivity contribution in [3.05, 3.63) is 47.5 Å². The molecular weight excluding hydrogens is 271 g/mol. The molecule has 3 nitrogen and oxygen atoms in total. The summed E-state index contributed by atoms with van der Waals surface area (Å²) in [5.74, 6) is -1.39. The van der Waals surface area contributed by atoms with Crippen molar-refractivity contribution in [3.8, 4) is 16.9 Å². The van der Waals surface area contributed by atoms with Crippen molar-refractivity contribution < 1.29 is 23.0 Å². The zero-order valence-electron chi connectivity index (χ0n) is 10.6. The van der Waals surface area contributed by atoms with E-state index in [-0.39, 0.29) is 6.61 Å². The summed E-state index contributed by atoms with van der Waals surface area (Å²) in [4.78, 5) is 4.10. The van der Waals surface area contributed by atoms with Crippen molar-refractivity contribution in [1.29, 1.82) is 0 Å². The molecular formula is C14H12F3NO2. The fourth-order valence-electron chi connectivity index (χ4n) is 1.77. The van der Waals surface area contributed by atoms with Crippen LogP contribution in [0.4, 0.5) is 13.2 Å². The van der Waals surface area contributed by atoms with Crippen LogP contribution >= 0.6 is 0 Å². The molecule has 0 spiro atoms. The van der Waals surface area contributed by atoms with Crippen LogP contribution in [0.2, 0.25) is 0 Å². The van der Waals surface area contributed by atoms with Gasteiger partial charge in [-0.1, -0.05) is 6.07 Å². The zero-order chi connectivity index (χ0) is 14.7. The molecule has 0 bridgehead atoms. The molecule has 0 unspecified atom stereocenters. The maximum absolute atomic E-state index is 13.3. The molecule has 20 heavy (non-hydrogen) atoms. The standard InChI is InChI=1S/C14H12F3NO2/c1-8-11(7-19)4-10(6-18-8)9-2-3-12(15)13(5-9)20-14(16)17/h2-6,14,19H,7H2,1H3. The van der Waals surface area contributed by atoms with Crippen molar-refractivity contribution in [3.63, 3.8) is 0 Å². The number of aliphatic hydroxyl groups excluding tert-OH is 1. The lowest BCUT2D eigenvalue weighted by atomic mass is 10.0. The van der Waals surface area contributed by atoms with E-state index in [2.05, 4.69) is 9.72 Å². The van der Waals surface area contributed by atoms with Crippen LogP contribution in [0.5, 0.6) is 5.75 Å². The topological polar surface area (TPSA) is 42.4 Å². The summed E-state index contributed by atoms with van der Waals surface area (Å²) < 4.78 is 41.8. The fourth-order valence-corrected chi connectivity index (χ4v) is 1.77. The van der Waals surface area contributed by atoms with Gasteiger partial charge in [0.2, 0.25) is 0 Å². The van der Waals surface area contributed by atoms with Gasteiger partial charge in [0, 0.05) is 17.5 Å². The van der Waals surface area contributed by atoms with Gasteiger partial charge in [-0.2, -0.15) is 8.78 Å². The highest BCUT2D eigenvalue weighted by atomic mass is 19.3. The first-order valence-electron chi connectivity index (χ1n) is 5.82. The SMILES string of the molecule is Cc1ncc(-c2ccc(F)c(OC(F)F)c2)cc1CO. The molecule has 1 heterocycles. The van der Waals surface area contributed by atoms with Gasteiger partial charge in [0.15, 0.2) is 11.6 Å². The van der Waals surface area contributed by atoms with E-state index in [4.69, 9.17) is 0 Å². The number of ether oxygens (including phenoxy) is 1. The van der Waals surface area contributed by atoms with Crippen LogP contribution in [0.3, 0.4) is 0 Å². The highest BCUT2D eigenvalue weighted by Gasteiger charge is 2.12. The van der Waals surface area contributed by atoms with Crippen molar-refractivity contribution in [2.45, 2.75) is 20.1 Å². The number of halogens is 3. The van der Waals surface area contributed by atoms with E-state index < -0.39 is 18.2 Å². The minimum Gasteiger partial charge on any atom is -0.432 e. The number of alkyl halides is 2. The van der Waals surface area contributed by atoms with Gasteiger partial charge in [-0.05, 0) is 36.2 Å². The molecule has 2 rings (SSSR count). The summed E-state index contributed by atoms with van der Waals surface area (Å²) in [7, 11) is 0. The molecule has 1 N–H and O–H groups in total. The van der Waals surface area contributed by atoms with E-state index in [1.54, 1.807) is 13.0 Å². The van der Waals surface area contributed by atoms with E-state index in [1.807, 2.05) is 0 Å². The maximum Gasteiger partial charge on any atom is 0.387 e. The Hall–Kier alpha value is -2.08. The average molecular weight is 283 g/mol. The number of nitrogens with zero attached hydrogens (tertiary/aromatic N) is 1. The minimum absolute atomic E-state index is 0.186. The third-order valence-corrected chi connectivity index (χ3v) is 2.84. The lowest BCUT2D eigenvalue weighted by Crippen LogP contribution is -2.03. The summed E-state index contributed by atoms with van der Waals surface area (Å²) in [6, 6.07) is 5.32. The van der Waals surface area contributed by atoms with Crippen LogP contribution < -0.4 is 4.74 Å². The summed E-state index contributed by atoms with van der Waals surface area (Å²) >= 11 is 0. The molecule has 0 atom stereocenters. The van der Waals surface area contributed by atoms with Gasteiger partial charge in [0.25, 0.3) is 0 Å². The number of rotatable bonds is 4.